The number of hydrogen-bond donors (Lipinski definition) is 1. The third-order valence-corrected chi connectivity index (χ3v) is 6.80. The molecule has 1 aliphatic carbocycles. The predicted molar refractivity (Wildman–Crippen MR) is 79.8 cm³/mol. The number of nitrogens with zero attached hydrogens (tertiary/aromatic N) is 2. The van der Waals surface area contributed by atoms with Gasteiger partial charge in [-0.25, -0.2) is 13.4 Å². The van der Waals surface area contributed by atoms with Crippen LogP contribution in [-0.4, -0.2) is 35.5 Å². The molecule has 1 atom stereocenters. The van der Waals surface area contributed by atoms with Crippen molar-refractivity contribution in [2.45, 2.75) is 56.7 Å². The molecule has 1 aromatic rings. The van der Waals surface area contributed by atoms with Crippen LogP contribution in [0.1, 0.15) is 50.3 Å². The zero-order valence-corrected chi connectivity index (χ0v) is 12.8. The van der Waals surface area contributed by atoms with E-state index >= 15 is 0 Å². The van der Waals surface area contributed by atoms with E-state index in [4.69, 9.17) is 0 Å². The van der Waals surface area contributed by atoms with E-state index in [0.29, 0.717) is 18.3 Å². The predicted octanol–water partition coefficient (Wildman–Crippen LogP) is 2.30. The Kier molecular flexibility index (Phi) is 3.75. The normalized spacial score (nSPS) is 26.1. The van der Waals surface area contributed by atoms with Crippen LogP contribution in [0.3, 0.4) is 0 Å². The first-order chi connectivity index (χ1) is 9.56. The third-order valence-electron chi connectivity index (χ3n) is 4.52. The van der Waals surface area contributed by atoms with Crippen LogP contribution in [0.2, 0.25) is 0 Å². The molecule has 0 spiro atoms. The van der Waals surface area contributed by atoms with Crippen molar-refractivity contribution in [3.8, 4) is 0 Å². The SMILES string of the molecule is Cc1cn(C2CCCC2)c(NCC2CCCS2(=O)=O)n1. The Morgan fingerprint density at radius 3 is 2.70 bits per heavy atom. The molecule has 1 aromatic heterocycles. The van der Waals surface area contributed by atoms with Crippen LogP contribution >= 0.6 is 0 Å². The summed E-state index contributed by atoms with van der Waals surface area (Å²) >= 11 is 0. The van der Waals surface area contributed by atoms with Crippen molar-refractivity contribution < 1.29 is 8.42 Å². The highest BCUT2D eigenvalue weighted by molar-refractivity contribution is 7.92. The second-order valence-corrected chi connectivity index (χ2v) is 8.46. The van der Waals surface area contributed by atoms with Gasteiger partial charge in [0.2, 0.25) is 5.95 Å². The van der Waals surface area contributed by atoms with Crippen LogP contribution in [-0.2, 0) is 9.84 Å². The summed E-state index contributed by atoms with van der Waals surface area (Å²) in [6.45, 7) is 2.48. The van der Waals surface area contributed by atoms with E-state index in [1.807, 2.05) is 6.92 Å². The molecule has 5 nitrogen and oxygen atoms in total. The lowest BCUT2D eigenvalue weighted by Crippen LogP contribution is -2.26. The van der Waals surface area contributed by atoms with Crippen LogP contribution in [0.15, 0.2) is 6.20 Å². The van der Waals surface area contributed by atoms with Gasteiger partial charge in [-0.15, -0.1) is 0 Å². The summed E-state index contributed by atoms with van der Waals surface area (Å²) in [7, 11) is -2.88. The topological polar surface area (TPSA) is 64.0 Å². The first-order valence-electron chi connectivity index (χ1n) is 7.57. The number of rotatable bonds is 4. The number of aromatic nitrogens is 2. The van der Waals surface area contributed by atoms with Crippen molar-refractivity contribution in [3.63, 3.8) is 0 Å². The number of nitrogens with one attached hydrogen (secondary N) is 1. The summed E-state index contributed by atoms with van der Waals surface area (Å²) in [4.78, 5) is 4.52. The maximum Gasteiger partial charge on any atom is 0.203 e. The molecule has 1 aliphatic heterocycles. The molecule has 20 heavy (non-hydrogen) atoms. The van der Waals surface area contributed by atoms with Gasteiger partial charge < -0.3 is 9.88 Å². The molecule has 2 heterocycles. The summed E-state index contributed by atoms with van der Waals surface area (Å²) in [6.07, 6.45) is 8.61. The van der Waals surface area contributed by atoms with Gasteiger partial charge in [0, 0.05) is 18.8 Å². The lowest BCUT2D eigenvalue weighted by atomic mass is 10.2. The Hall–Kier alpha value is -1.04. The van der Waals surface area contributed by atoms with Gasteiger partial charge in [-0.3, -0.25) is 0 Å². The Morgan fingerprint density at radius 1 is 1.30 bits per heavy atom. The fraction of sp³-hybridized carbons (Fsp3) is 0.786. The highest BCUT2D eigenvalue weighted by Crippen LogP contribution is 2.32. The second-order valence-electron chi connectivity index (χ2n) is 6.06. The van der Waals surface area contributed by atoms with Gasteiger partial charge in [-0.2, -0.15) is 0 Å². The summed E-state index contributed by atoms with van der Waals surface area (Å²) in [5, 5.41) is 3.04. The van der Waals surface area contributed by atoms with Crippen LogP contribution in [0.25, 0.3) is 0 Å². The zero-order valence-electron chi connectivity index (χ0n) is 12.0. The zero-order chi connectivity index (χ0) is 14.2. The highest BCUT2D eigenvalue weighted by atomic mass is 32.2. The average Bonchev–Trinajstić information content (AvgIpc) is 3.07. The molecule has 1 saturated heterocycles. The van der Waals surface area contributed by atoms with Crippen LogP contribution < -0.4 is 5.32 Å². The van der Waals surface area contributed by atoms with E-state index in [0.717, 1.165) is 24.5 Å². The van der Waals surface area contributed by atoms with Crippen molar-refractivity contribution in [1.82, 2.24) is 9.55 Å². The molecule has 112 valence electrons. The number of aryl methyl sites for hydroxylation is 1. The number of sulfone groups is 1. The monoisotopic (exact) mass is 297 g/mol. The largest absolute Gasteiger partial charge is 0.354 e. The van der Waals surface area contributed by atoms with Gasteiger partial charge in [0.15, 0.2) is 9.84 Å². The van der Waals surface area contributed by atoms with Gasteiger partial charge in [-0.1, -0.05) is 12.8 Å². The van der Waals surface area contributed by atoms with Crippen molar-refractivity contribution in [1.29, 1.82) is 0 Å². The van der Waals surface area contributed by atoms with Crippen molar-refractivity contribution >= 4 is 15.8 Å². The number of hydrogen-bond acceptors (Lipinski definition) is 4. The Bertz CT molecular complexity index is 573. The molecule has 1 N–H and O–H groups in total. The molecular weight excluding hydrogens is 274 g/mol. The summed E-state index contributed by atoms with van der Waals surface area (Å²) in [6, 6.07) is 0.527. The quantitative estimate of drug-likeness (QED) is 0.926. The van der Waals surface area contributed by atoms with E-state index in [9.17, 15) is 8.42 Å². The van der Waals surface area contributed by atoms with E-state index in [1.54, 1.807) is 0 Å². The van der Waals surface area contributed by atoms with Crippen molar-refractivity contribution in [2.75, 3.05) is 17.6 Å². The molecule has 0 bridgehead atoms. The molecule has 2 aliphatic rings. The Labute approximate surface area is 120 Å². The summed E-state index contributed by atoms with van der Waals surface area (Å²) in [5.74, 6) is 1.19. The molecule has 6 heteroatoms. The molecule has 1 unspecified atom stereocenters. The van der Waals surface area contributed by atoms with Crippen molar-refractivity contribution in [2.24, 2.45) is 0 Å². The standard InChI is InChI=1S/C14H23N3O2S/c1-11-10-17(12-5-2-3-6-12)14(16-11)15-9-13-7-4-8-20(13,18)19/h10,12-13H,2-9H2,1H3,(H,15,16). The Morgan fingerprint density at radius 2 is 2.05 bits per heavy atom. The first-order valence-corrected chi connectivity index (χ1v) is 9.29. The van der Waals surface area contributed by atoms with Crippen LogP contribution in [0.4, 0.5) is 5.95 Å². The smallest absolute Gasteiger partial charge is 0.203 e. The van der Waals surface area contributed by atoms with E-state index < -0.39 is 9.84 Å². The maximum absolute atomic E-state index is 11.9. The minimum Gasteiger partial charge on any atom is -0.354 e. The minimum absolute atomic E-state index is 0.239. The molecule has 3 rings (SSSR count). The van der Waals surface area contributed by atoms with Gasteiger partial charge >= 0.3 is 0 Å². The van der Waals surface area contributed by atoms with Gasteiger partial charge in [0.05, 0.1) is 16.7 Å². The van der Waals surface area contributed by atoms with E-state index in [2.05, 4.69) is 21.1 Å². The Balaban J connectivity index is 1.71. The lowest BCUT2D eigenvalue weighted by molar-refractivity contribution is 0.522. The lowest BCUT2D eigenvalue weighted by Gasteiger charge is -2.17. The van der Waals surface area contributed by atoms with Crippen molar-refractivity contribution in [3.05, 3.63) is 11.9 Å². The molecule has 0 aromatic carbocycles. The van der Waals surface area contributed by atoms with Gasteiger partial charge in [0.1, 0.15) is 0 Å². The fourth-order valence-corrected chi connectivity index (χ4v) is 5.17. The number of anilines is 1. The molecule has 0 radical (unpaired) electrons. The average molecular weight is 297 g/mol. The van der Waals surface area contributed by atoms with Gasteiger partial charge in [-0.05, 0) is 32.6 Å². The fourth-order valence-electron chi connectivity index (χ4n) is 3.40. The first kappa shape index (κ1) is 13.9. The highest BCUT2D eigenvalue weighted by Gasteiger charge is 2.31. The van der Waals surface area contributed by atoms with Gasteiger partial charge in [0.25, 0.3) is 0 Å². The van der Waals surface area contributed by atoms with Crippen LogP contribution in [0, 0.1) is 6.92 Å². The molecule has 0 amide bonds. The molecule has 2 fully saturated rings. The van der Waals surface area contributed by atoms with Crippen LogP contribution in [0.5, 0.6) is 0 Å². The maximum atomic E-state index is 11.9. The second kappa shape index (κ2) is 5.39. The van der Waals surface area contributed by atoms with E-state index in [-0.39, 0.29) is 5.25 Å². The summed E-state index contributed by atoms with van der Waals surface area (Å²) in [5.41, 5.74) is 0.994. The molecule has 1 saturated carbocycles. The number of imidazole rings is 1. The minimum atomic E-state index is -2.88. The molecular formula is C14H23N3O2S. The third kappa shape index (κ3) is 2.71. The van der Waals surface area contributed by atoms with E-state index in [1.165, 1.54) is 25.7 Å². The summed E-state index contributed by atoms with van der Waals surface area (Å²) < 4.78 is 25.9.